The number of nitrogens with one attached hydrogen (secondary N) is 1. The zero-order chi connectivity index (χ0) is 20.1. The number of carboxylic acids is 1. The lowest BCUT2D eigenvalue weighted by atomic mass is 9.93. The molecule has 2 fully saturated rings. The maximum Gasteiger partial charge on any atom is 0.327 e. The van der Waals surface area contributed by atoms with Crippen LogP contribution in [0.5, 0.6) is 11.5 Å². The zero-order valence-corrected chi connectivity index (χ0v) is 16.0. The first kappa shape index (κ1) is 19.3. The number of carboxylic acid groups (broad SMARTS) is 1. The second kappa shape index (κ2) is 6.31. The van der Waals surface area contributed by atoms with Crippen molar-refractivity contribution in [1.82, 2.24) is 10.2 Å². The van der Waals surface area contributed by atoms with Crippen LogP contribution in [0.25, 0.3) is 0 Å². The van der Waals surface area contributed by atoms with Gasteiger partial charge < -0.3 is 29.9 Å². The Labute approximate surface area is 159 Å². The third kappa shape index (κ3) is 2.71. The minimum atomic E-state index is -2.21. The molecule has 1 unspecified atom stereocenters. The molecule has 2 saturated heterocycles. The summed E-state index contributed by atoms with van der Waals surface area (Å²) in [6, 6.07) is 3.62. The van der Waals surface area contributed by atoms with E-state index in [0.29, 0.717) is 0 Å². The van der Waals surface area contributed by atoms with E-state index in [2.05, 4.69) is 5.32 Å². The van der Waals surface area contributed by atoms with Crippen molar-refractivity contribution in [2.45, 2.75) is 35.7 Å². The fourth-order valence-electron chi connectivity index (χ4n) is 3.47. The third-order valence-corrected chi connectivity index (χ3v) is 6.34. The predicted octanol–water partition coefficient (Wildman–Crippen LogP) is 0.269. The summed E-state index contributed by atoms with van der Waals surface area (Å²) in [5, 5.41) is 21.7. The van der Waals surface area contributed by atoms with Crippen molar-refractivity contribution in [2.24, 2.45) is 0 Å². The molecular formula is C17H20N2O7S. The second-order valence-electron chi connectivity index (χ2n) is 6.78. The number of fused-ring (bicyclic) bond motifs is 1. The van der Waals surface area contributed by atoms with Crippen LogP contribution in [0.2, 0.25) is 0 Å². The molecule has 9 nitrogen and oxygen atoms in total. The average molecular weight is 396 g/mol. The summed E-state index contributed by atoms with van der Waals surface area (Å²) in [5.41, 5.74) is -2.19. The van der Waals surface area contributed by atoms with Crippen molar-refractivity contribution in [3.63, 3.8) is 0 Å². The Morgan fingerprint density at radius 2 is 1.78 bits per heavy atom. The highest BCUT2D eigenvalue weighted by Gasteiger charge is 2.72. The molecule has 3 N–H and O–H groups in total. The summed E-state index contributed by atoms with van der Waals surface area (Å²) in [6.07, 6.45) is 0. The molecule has 2 aliphatic heterocycles. The molecular weight excluding hydrogens is 376 g/mol. The highest BCUT2D eigenvalue weighted by atomic mass is 32.2. The molecule has 0 spiro atoms. The number of aliphatic hydroxyl groups is 1. The van der Waals surface area contributed by atoms with Crippen molar-refractivity contribution in [2.75, 3.05) is 14.2 Å². The van der Waals surface area contributed by atoms with E-state index in [1.807, 2.05) is 0 Å². The molecule has 0 radical (unpaired) electrons. The number of thioether (sulfide) groups is 1. The van der Waals surface area contributed by atoms with Crippen molar-refractivity contribution in [3.05, 3.63) is 23.8 Å². The molecule has 0 bridgehead atoms. The monoisotopic (exact) mass is 396 g/mol. The summed E-state index contributed by atoms with van der Waals surface area (Å²) in [7, 11) is 2.76. The van der Waals surface area contributed by atoms with Crippen molar-refractivity contribution in [3.8, 4) is 11.5 Å². The first-order chi connectivity index (χ1) is 12.6. The number of carbonyl (C=O) groups excluding carboxylic acids is 2. The lowest BCUT2D eigenvalue weighted by molar-refractivity contribution is -0.191. The Bertz CT molecular complexity index is 805. The molecule has 3 rings (SSSR count). The Kier molecular flexibility index (Phi) is 4.51. The number of methoxy groups -OCH3 is 2. The van der Waals surface area contributed by atoms with Gasteiger partial charge in [0, 0.05) is 4.75 Å². The first-order valence-electron chi connectivity index (χ1n) is 8.07. The maximum absolute atomic E-state index is 12.8. The van der Waals surface area contributed by atoms with Crippen LogP contribution in [0.4, 0.5) is 0 Å². The highest BCUT2D eigenvalue weighted by molar-refractivity contribution is 8.01. The lowest BCUT2D eigenvalue weighted by Gasteiger charge is -2.49. The van der Waals surface area contributed by atoms with Gasteiger partial charge in [0.25, 0.3) is 11.8 Å². The van der Waals surface area contributed by atoms with Gasteiger partial charge in [0.2, 0.25) is 5.72 Å². The maximum atomic E-state index is 12.8. The lowest BCUT2D eigenvalue weighted by Crippen LogP contribution is -2.79. The largest absolute Gasteiger partial charge is 0.496 e. The molecule has 27 heavy (non-hydrogen) atoms. The number of hydrogen-bond donors (Lipinski definition) is 3. The molecule has 146 valence electrons. The van der Waals surface area contributed by atoms with E-state index in [0.717, 1.165) is 16.7 Å². The average Bonchev–Trinajstić information content (AvgIpc) is 2.90. The summed E-state index contributed by atoms with van der Waals surface area (Å²) in [4.78, 5) is 38.0. The number of aliphatic carboxylic acids is 1. The van der Waals surface area contributed by atoms with E-state index in [-0.39, 0.29) is 17.1 Å². The van der Waals surface area contributed by atoms with Gasteiger partial charge in [0.05, 0.1) is 14.2 Å². The third-order valence-electron chi connectivity index (χ3n) is 4.72. The van der Waals surface area contributed by atoms with Crippen LogP contribution in [0.1, 0.15) is 24.2 Å². The fourth-order valence-corrected chi connectivity index (χ4v) is 5.05. The van der Waals surface area contributed by atoms with Crippen LogP contribution in [0.15, 0.2) is 18.2 Å². The molecule has 2 amide bonds. The number of amides is 2. The van der Waals surface area contributed by atoms with Gasteiger partial charge in [-0.25, -0.2) is 4.79 Å². The van der Waals surface area contributed by atoms with Crippen molar-refractivity contribution >= 4 is 29.5 Å². The highest BCUT2D eigenvalue weighted by Crippen LogP contribution is 2.54. The van der Waals surface area contributed by atoms with Gasteiger partial charge in [0.1, 0.15) is 28.5 Å². The molecule has 10 heteroatoms. The van der Waals surface area contributed by atoms with E-state index in [4.69, 9.17) is 9.47 Å². The summed E-state index contributed by atoms with van der Waals surface area (Å²) >= 11 is 1.12. The van der Waals surface area contributed by atoms with Gasteiger partial charge in [-0.1, -0.05) is 6.07 Å². The molecule has 1 aromatic rings. The van der Waals surface area contributed by atoms with Crippen LogP contribution in [0, 0.1) is 0 Å². The normalized spacial score (nSPS) is 28.2. The van der Waals surface area contributed by atoms with E-state index >= 15 is 0 Å². The number of rotatable bonds is 5. The van der Waals surface area contributed by atoms with Crippen LogP contribution in [-0.4, -0.2) is 69.0 Å². The number of ether oxygens (including phenoxy) is 2. The number of hydrogen-bond acceptors (Lipinski definition) is 7. The SMILES string of the molecule is COc1cccc(OC)c1C(=O)NC1(O)C(=O)N2[C@@H](C(=O)O)C(C)(C)S[C@@H]21. The quantitative estimate of drug-likeness (QED) is 0.478. The van der Waals surface area contributed by atoms with Gasteiger partial charge in [-0.2, -0.15) is 0 Å². The Morgan fingerprint density at radius 1 is 1.22 bits per heavy atom. The topological polar surface area (TPSA) is 125 Å². The zero-order valence-electron chi connectivity index (χ0n) is 15.2. The minimum absolute atomic E-state index is 0.0271. The first-order valence-corrected chi connectivity index (χ1v) is 8.95. The van der Waals surface area contributed by atoms with Gasteiger partial charge in [-0.05, 0) is 26.0 Å². The van der Waals surface area contributed by atoms with Gasteiger partial charge in [-0.3, -0.25) is 9.59 Å². The molecule has 3 atom stereocenters. The summed E-state index contributed by atoms with van der Waals surface area (Å²) in [6.45, 7) is 3.35. The molecule has 0 aromatic heterocycles. The fraction of sp³-hybridized carbons (Fsp3) is 0.471. The minimum Gasteiger partial charge on any atom is -0.496 e. The van der Waals surface area contributed by atoms with E-state index < -0.39 is 39.7 Å². The molecule has 2 aliphatic rings. The number of benzene rings is 1. The van der Waals surface area contributed by atoms with Gasteiger partial charge in [-0.15, -0.1) is 11.8 Å². The Morgan fingerprint density at radius 3 is 2.26 bits per heavy atom. The van der Waals surface area contributed by atoms with Crippen molar-refractivity contribution < 1.29 is 34.1 Å². The summed E-state index contributed by atoms with van der Waals surface area (Å²) < 4.78 is 9.51. The summed E-state index contributed by atoms with van der Waals surface area (Å²) in [5.74, 6) is -2.37. The van der Waals surface area contributed by atoms with Crippen LogP contribution in [0.3, 0.4) is 0 Å². The Balaban J connectivity index is 1.91. The smallest absolute Gasteiger partial charge is 0.327 e. The molecule has 2 heterocycles. The molecule has 0 saturated carbocycles. The Hall–Kier alpha value is -2.46. The van der Waals surface area contributed by atoms with Crippen LogP contribution < -0.4 is 14.8 Å². The van der Waals surface area contributed by atoms with E-state index in [1.54, 1.807) is 32.0 Å². The standard InChI is InChI=1S/C17H20N2O7S/c1-16(2)11(13(21)22)19-14(23)17(24,15(19)27-16)18-12(20)10-8(25-3)6-5-7-9(10)26-4/h5-7,11,15,24H,1-4H3,(H,18,20)(H,21,22)/t11-,15+,17?/m0/s1. The van der Waals surface area contributed by atoms with Gasteiger partial charge in [0.15, 0.2) is 0 Å². The number of nitrogens with zero attached hydrogens (tertiary/aromatic N) is 1. The van der Waals surface area contributed by atoms with E-state index in [1.165, 1.54) is 14.2 Å². The number of carbonyl (C=O) groups is 3. The second-order valence-corrected chi connectivity index (χ2v) is 8.52. The van der Waals surface area contributed by atoms with Gasteiger partial charge >= 0.3 is 5.97 Å². The van der Waals surface area contributed by atoms with E-state index in [9.17, 15) is 24.6 Å². The predicted molar refractivity (Wildman–Crippen MR) is 95.7 cm³/mol. The van der Waals surface area contributed by atoms with Crippen LogP contribution in [-0.2, 0) is 9.59 Å². The number of β-lactam (4-membered cyclic amide) rings is 1. The molecule has 1 aromatic carbocycles. The van der Waals surface area contributed by atoms with Crippen molar-refractivity contribution in [1.29, 1.82) is 0 Å². The van der Waals surface area contributed by atoms with Crippen LogP contribution >= 0.6 is 11.8 Å². The molecule has 0 aliphatic carbocycles.